The lowest BCUT2D eigenvalue weighted by Gasteiger charge is -2.16. The molecule has 1 heterocycles. The molecule has 6 heteroatoms. The van der Waals surface area contributed by atoms with Gasteiger partial charge in [-0.1, -0.05) is 62.1 Å². The maximum atomic E-state index is 12.5. The van der Waals surface area contributed by atoms with Crippen LogP contribution in [0, 0.1) is 9.49 Å². The van der Waals surface area contributed by atoms with Crippen molar-refractivity contribution in [1.82, 2.24) is 4.90 Å². The average Bonchev–Trinajstić information content (AvgIpc) is 2.89. The predicted molar refractivity (Wildman–Crippen MR) is 125 cm³/mol. The van der Waals surface area contributed by atoms with Crippen LogP contribution >= 0.6 is 46.6 Å². The molecule has 0 saturated carbocycles. The molecule has 1 amide bonds. The number of rotatable bonds is 6. The van der Waals surface area contributed by atoms with Gasteiger partial charge in [-0.3, -0.25) is 9.69 Å². The van der Waals surface area contributed by atoms with Crippen molar-refractivity contribution in [2.75, 3.05) is 6.54 Å². The Morgan fingerprint density at radius 1 is 1.15 bits per heavy atom. The highest BCUT2D eigenvalue weighted by molar-refractivity contribution is 14.1. The zero-order valence-corrected chi connectivity index (χ0v) is 18.9. The smallest absolute Gasteiger partial charge is 0.266 e. The van der Waals surface area contributed by atoms with E-state index in [9.17, 15) is 4.79 Å². The molecule has 0 unspecified atom stereocenters. The Morgan fingerprint density at radius 2 is 1.81 bits per heavy atom. The molecule has 1 aliphatic rings. The number of ether oxygens (including phenoxy) is 1. The quantitative estimate of drug-likeness (QED) is 0.283. The molecule has 2 aromatic carbocycles. The van der Waals surface area contributed by atoms with E-state index in [1.54, 1.807) is 4.90 Å². The number of thioether (sulfide) groups is 1. The van der Waals surface area contributed by atoms with E-state index in [1.807, 2.05) is 30.3 Å². The van der Waals surface area contributed by atoms with Crippen LogP contribution in [0.25, 0.3) is 6.08 Å². The van der Waals surface area contributed by atoms with E-state index in [0.717, 1.165) is 16.9 Å². The van der Waals surface area contributed by atoms with Gasteiger partial charge in [0, 0.05) is 10.1 Å². The molecular weight excluding hydrogens is 489 g/mol. The Hall–Kier alpha value is -1.38. The second kappa shape index (κ2) is 9.21. The highest BCUT2D eigenvalue weighted by Gasteiger charge is 2.32. The SMILES string of the molecule is CC(C)CN1C(=O)/C(=C/c2ccc(OCc3ccc(I)cc3)cc2)SC1=S. The molecule has 0 atom stereocenters. The molecule has 0 bridgehead atoms. The minimum Gasteiger partial charge on any atom is -0.489 e. The molecule has 2 aromatic rings. The average molecular weight is 509 g/mol. The Bertz CT molecular complexity index is 861. The van der Waals surface area contributed by atoms with E-state index in [4.69, 9.17) is 17.0 Å². The summed E-state index contributed by atoms with van der Waals surface area (Å²) in [5.74, 6) is 1.19. The van der Waals surface area contributed by atoms with Gasteiger partial charge in [-0.05, 0) is 70.0 Å². The molecule has 1 saturated heterocycles. The highest BCUT2D eigenvalue weighted by Crippen LogP contribution is 2.33. The maximum absolute atomic E-state index is 12.5. The van der Waals surface area contributed by atoms with Crippen molar-refractivity contribution < 1.29 is 9.53 Å². The summed E-state index contributed by atoms with van der Waals surface area (Å²) < 4.78 is 7.68. The van der Waals surface area contributed by atoms with Gasteiger partial charge in [0.25, 0.3) is 5.91 Å². The lowest BCUT2D eigenvalue weighted by atomic mass is 10.2. The monoisotopic (exact) mass is 509 g/mol. The zero-order chi connectivity index (χ0) is 19.4. The summed E-state index contributed by atoms with van der Waals surface area (Å²) in [7, 11) is 0. The summed E-state index contributed by atoms with van der Waals surface area (Å²) >= 11 is 9.00. The number of benzene rings is 2. The normalized spacial score (nSPS) is 15.9. The van der Waals surface area contributed by atoms with Gasteiger partial charge in [0.1, 0.15) is 16.7 Å². The largest absolute Gasteiger partial charge is 0.489 e. The second-order valence-electron chi connectivity index (χ2n) is 6.67. The number of halogens is 1. The topological polar surface area (TPSA) is 29.5 Å². The van der Waals surface area contributed by atoms with E-state index < -0.39 is 0 Å². The third-order valence-electron chi connectivity index (χ3n) is 3.92. The van der Waals surface area contributed by atoms with Crippen LogP contribution in [0.2, 0.25) is 0 Å². The van der Waals surface area contributed by atoms with Crippen LogP contribution in [0.15, 0.2) is 53.4 Å². The number of thiocarbonyl (C=S) groups is 1. The Kier molecular flexibility index (Phi) is 6.94. The first-order valence-electron chi connectivity index (χ1n) is 8.65. The summed E-state index contributed by atoms with van der Waals surface area (Å²) in [6, 6.07) is 16.0. The summed E-state index contributed by atoms with van der Waals surface area (Å²) in [6.07, 6.45) is 1.89. The van der Waals surface area contributed by atoms with Crippen LogP contribution in [-0.2, 0) is 11.4 Å². The molecule has 1 fully saturated rings. The van der Waals surface area contributed by atoms with Crippen LogP contribution in [0.3, 0.4) is 0 Å². The maximum Gasteiger partial charge on any atom is 0.266 e. The minimum absolute atomic E-state index is 0.00210. The van der Waals surface area contributed by atoms with Crippen LogP contribution in [0.4, 0.5) is 0 Å². The number of carbonyl (C=O) groups excluding carboxylic acids is 1. The van der Waals surface area contributed by atoms with Crippen molar-refractivity contribution in [3.05, 3.63) is 68.1 Å². The fraction of sp³-hybridized carbons (Fsp3) is 0.238. The lowest BCUT2D eigenvalue weighted by molar-refractivity contribution is -0.122. The van der Waals surface area contributed by atoms with Crippen molar-refractivity contribution >= 4 is 62.9 Å². The number of nitrogens with zero attached hydrogens (tertiary/aromatic N) is 1. The fourth-order valence-corrected chi connectivity index (χ4v) is 4.22. The first-order valence-corrected chi connectivity index (χ1v) is 11.0. The first kappa shape index (κ1) is 20.4. The highest BCUT2D eigenvalue weighted by atomic mass is 127. The standard InChI is InChI=1S/C21H20INO2S2/c1-14(2)12-23-20(24)19(27-21(23)26)11-15-5-9-18(10-6-15)25-13-16-3-7-17(22)8-4-16/h3-11,14H,12-13H2,1-2H3/b19-11-. The van der Waals surface area contributed by atoms with Gasteiger partial charge in [-0.2, -0.15) is 0 Å². The van der Waals surface area contributed by atoms with Crippen molar-refractivity contribution in [1.29, 1.82) is 0 Å². The summed E-state index contributed by atoms with van der Waals surface area (Å²) in [6.45, 7) is 5.35. The van der Waals surface area contributed by atoms with E-state index in [0.29, 0.717) is 28.3 Å². The molecule has 3 rings (SSSR count). The number of hydrogen-bond donors (Lipinski definition) is 0. The van der Waals surface area contributed by atoms with Gasteiger partial charge >= 0.3 is 0 Å². The molecule has 140 valence electrons. The van der Waals surface area contributed by atoms with Crippen molar-refractivity contribution in [3.8, 4) is 5.75 Å². The zero-order valence-electron chi connectivity index (χ0n) is 15.1. The molecule has 0 aromatic heterocycles. The number of carbonyl (C=O) groups is 1. The van der Waals surface area contributed by atoms with E-state index in [-0.39, 0.29) is 5.91 Å². The van der Waals surface area contributed by atoms with Gasteiger partial charge in [-0.25, -0.2) is 0 Å². The Labute approximate surface area is 183 Å². The summed E-state index contributed by atoms with van der Waals surface area (Å²) in [5.41, 5.74) is 2.09. The lowest BCUT2D eigenvalue weighted by Crippen LogP contribution is -2.31. The molecule has 0 N–H and O–H groups in total. The predicted octanol–water partition coefficient (Wildman–Crippen LogP) is 5.73. The van der Waals surface area contributed by atoms with Gasteiger partial charge in [0.2, 0.25) is 0 Å². The Morgan fingerprint density at radius 3 is 2.44 bits per heavy atom. The van der Waals surface area contributed by atoms with Gasteiger partial charge in [0.05, 0.1) is 4.91 Å². The van der Waals surface area contributed by atoms with Crippen molar-refractivity contribution in [3.63, 3.8) is 0 Å². The molecule has 0 aliphatic carbocycles. The van der Waals surface area contributed by atoms with E-state index in [1.165, 1.54) is 15.3 Å². The van der Waals surface area contributed by atoms with E-state index in [2.05, 4.69) is 60.7 Å². The second-order valence-corrected chi connectivity index (χ2v) is 9.59. The van der Waals surface area contributed by atoms with Crippen LogP contribution in [0.5, 0.6) is 5.75 Å². The van der Waals surface area contributed by atoms with Crippen molar-refractivity contribution in [2.45, 2.75) is 20.5 Å². The van der Waals surface area contributed by atoms with Crippen LogP contribution in [-0.4, -0.2) is 21.7 Å². The first-order chi connectivity index (χ1) is 12.9. The van der Waals surface area contributed by atoms with E-state index >= 15 is 0 Å². The number of amides is 1. The third kappa shape index (κ3) is 5.56. The summed E-state index contributed by atoms with van der Waals surface area (Å²) in [4.78, 5) is 14.9. The van der Waals surface area contributed by atoms with Gasteiger partial charge in [0.15, 0.2) is 0 Å². The van der Waals surface area contributed by atoms with Crippen LogP contribution in [0.1, 0.15) is 25.0 Å². The number of hydrogen-bond acceptors (Lipinski definition) is 4. The fourth-order valence-electron chi connectivity index (χ4n) is 2.58. The van der Waals surface area contributed by atoms with Crippen molar-refractivity contribution in [2.24, 2.45) is 5.92 Å². The van der Waals surface area contributed by atoms with Gasteiger partial charge < -0.3 is 4.74 Å². The van der Waals surface area contributed by atoms with Gasteiger partial charge in [-0.15, -0.1) is 0 Å². The molecule has 0 spiro atoms. The summed E-state index contributed by atoms with van der Waals surface area (Å²) in [5, 5.41) is 0. The Balaban J connectivity index is 1.63. The minimum atomic E-state index is -0.00210. The van der Waals surface area contributed by atoms with Crippen LogP contribution < -0.4 is 4.74 Å². The molecule has 0 radical (unpaired) electrons. The molecule has 1 aliphatic heterocycles. The third-order valence-corrected chi connectivity index (χ3v) is 6.01. The molecule has 27 heavy (non-hydrogen) atoms. The molecule has 3 nitrogen and oxygen atoms in total. The molecular formula is C21H20INO2S2.